The third kappa shape index (κ3) is 4.59. The fourth-order valence-electron chi connectivity index (χ4n) is 3.02. The molecule has 0 aliphatic carbocycles. The van der Waals surface area contributed by atoms with Gasteiger partial charge in [-0.25, -0.2) is 8.42 Å². The Labute approximate surface area is 154 Å². The van der Waals surface area contributed by atoms with Crippen molar-refractivity contribution >= 4 is 22.0 Å². The largest absolute Gasteiger partial charge is 0.351 e. The lowest BCUT2D eigenvalue weighted by atomic mass is 10.2. The van der Waals surface area contributed by atoms with Crippen LogP contribution in [0, 0.1) is 0 Å². The van der Waals surface area contributed by atoms with Crippen molar-refractivity contribution in [2.24, 2.45) is 0 Å². The number of sulfonamides is 1. The Morgan fingerprint density at radius 3 is 2.42 bits per heavy atom. The van der Waals surface area contributed by atoms with Crippen LogP contribution >= 0.6 is 0 Å². The first-order valence-electron chi connectivity index (χ1n) is 8.63. The Kier molecular flexibility index (Phi) is 5.85. The average molecular weight is 370 g/mol. The highest BCUT2D eigenvalue weighted by Crippen LogP contribution is 2.23. The summed E-state index contributed by atoms with van der Waals surface area (Å²) in [5.74, 6) is -0.247. The van der Waals surface area contributed by atoms with Crippen LogP contribution < -0.4 is 5.32 Å². The second-order valence-electron chi connectivity index (χ2n) is 6.23. The van der Waals surface area contributed by atoms with E-state index in [9.17, 15) is 13.2 Å². The summed E-state index contributed by atoms with van der Waals surface area (Å²) in [6, 6.07) is 18.2. The smallest absolute Gasteiger partial charge is 0.238 e. The van der Waals surface area contributed by atoms with E-state index >= 15 is 0 Å². The van der Waals surface area contributed by atoms with Crippen molar-refractivity contribution in [3.8, 4) is 0 Å². The van der Waals surface area contributed by atoms with Gasteiger partial charge in [0, 0.05) is 18.5 Å². The molecular weight excluding hydrogens is 348 g/mol. The lowest BCUT2D eigenvalue weighted by Crippen LogP contribution is -2.45. The molecule has 2 aromatic carbocycles. The molecule has 0 saturated carbocycles. The zero-order chi connectivity index (χ0) is 18.4. The van der Waals surface area contributed by atoms with Crippen molar-refractivity contribution in [1.29, 1.82) is 0 Å². The van der Waals surface area contributed by atoms with Crippen LogP contribution in [0.3, 0.4) is 0 Å². The summed E-state index contributed by atoms with van der Waals surface area (Å²) in [4.78, 5) is 12.5. The fraction of sp³-hybridized carbons (Fsp3) is 0.250. The summed E-state index contributed by atoms with van der Waals surface area (Å²) in [6.45, 7) is 0.759. The topological polar surface area (TPSA) is 66.5 Å². The van der Waals surface area contributed by atoms with Gasteiger partial charge in [-0.1, -0.05) is 60.7 Å². The fourth-order valence-corrected chi connectivity index (χ4v) is 4.44. The van der Waals surface area contributed by atoms with Gasteiger partial charge in [-0.15, -0.1) is 0 Å². The first-order valence-corrected chi connectivity index (χ1v) is 10.1. The molecule has 1 saturated heterocycles. The number of amides is 1. The van der Waals surface area contributed by atoms with Gasteiger partial charge in [0.25, 0.3) is 0 Å². The van der Waals surface area contributed by atoms with E-state index in [1.165, 1.54) is 9.71 Å². The van der Waals surface area contributed by atoms with Crippen molar-refractivity contribution in [3.05, 3.63) is 77.2 Å². The van der Waals surface area contributed by atoms with Crippen LogP contribution in [0.1, 0.15) is 24.0 Å². The SMILES string of the molecule is O=C(NCc1ccccc1)C1CCCN1S(=O)(=O)/C=C/c1ccccc1. The van der Waals surface area contributed by atoms with Gasteiger partial charge in [0.15, 0.2) is 0 Å². The van der Waals surface area contributed by atoms with Crippen molar-refractivity contribution in [2.75, 3.05) is 6.54 Å². The van der Waals surface area contributed by atoms with Crippen LogP contribution in [-0.4, -0.2) is 31.2 Å². The quantitative estimate of drug-likeness (QED) is 0.850. The highest BCUT2D eigenvalue weighted by molar-refractivity contribution is 7.92. The Bertz CT molecular complexity index is 864. The van der Waals surface area contributed by atoms with Crippen molar-refractivity contribution in [2.45, 2.75) is 25.4 Å². The molecule has 5 nitrogen and oxygen atoms in total. The van der Waals surface area contributed by atoms with Crippen molar-refractivity contribution < 1.29 is 13.2 Å². The highest BCUT2D eigenvalue weighted by atomic mass is 32.2. The van der Waals surface area contributed by atoms with E-state index in [0.717, 1.165) is 11.1 Å². The average Bonchev–Trinajstić information content (AvgIpc) is 3.17. The minimum Gasteiger partial charge on any atom is -0.351 e. The Hall–Kier alpha value is -2.44. The predicted molar refractivity (Wildman–Crippen MR) is 102 cm³/mol. The summed E-state index contributed by atoms with van der Waals surface area (Å²) in [6.07, 6.45) is 2.79. The first-order chi connectivity index (χ1) is 12.6. The molecule has 1 aliphatic rings. The van der Waals surface area contributed by atoms with E-state index in [2.05, 4.69) is 5.32 Å². The molecule has 1 aliphatic heterocycles. The van der Waals surface area contributed by atoms with Gasteiger partial charge in [-0.3, -0.25) is 4.79 Å². The molecule has 1 atom stereocenters. The first kappa shape index (κ1) is 18.4. The molecular formula is C20H22N2O3S. The maximum Gasteiger partial charge on any atom is 0.238 e. The second-order valence-corrected chi connectivity index (χ2v) is 8.00. The lowest BCUT2D eigenvalue weighted by molar-refractivity contribution is -0.124. The minimum absolute atomic E-state index is 0.247. The summed E-state index contributed by atoms with van der Waals surface area (Å²) < 4.78 is 26.6. The van der Waals surface area contributed by atoms with Gasteiger partial charge in [0.05, 0.1) is 0 Å². The molecule has 0 aromatic heterocycles. The number of rotatable bonds is 6. The van der Waals surface area contributed by atoms with Crippen LogP contribution in [-0.2, 0) is 21.4 Å². The highest BCUT2D eigenvalue weighted by Gasteiger charge is 2.37. The maximum atomic E-state index is 12.7. The van der Waals surface area contributed by atoms with Gasteiger partial charge < -0.3 is 5.32 Å². The zero-order valence-corrected chi connectivity index (χ0v) is 15.2. The molecule has 0 spiro atoms. The van der Waals surface area contributed by atoms with E-state index in [1.54, 1.807) is 6.08 Å². The Morgan fingerprint density at radius 1 is 1.08 bits per heavy atom. The van der Waals surface area contributed by atoms with Crippen LogP contribution in [0.15, 0.2) is 66.1 Å². The number of benzene rings is 2. The summed E-state index contributed by atoms with van der Waals surface area (Å²) >= 11 is 0. The molecule has 3 rings (SSSR count). The standard InChI is InChI=1S/C20H22N2O3S/c23-20(21-16-18-10-5-2-6-11-18)19-12-7-14-22(19)26(24,25)15-13-17-8-3-1-4-9-17/h1-6,8-11,13,15,19H,7,12,14,16H2,(H,21,23)/b15-13+. The number of hydrogen-bond acceptors (Lipinski definition) is 3. The van der Waals surface area contributed by atoms with Gasteiger partial charge in [0.2, 0.25) is 15.9 Å². The molecule has 26 heavy (non-hydrogen) atoms. The molecule has 0 radical (unpaired) electrons. The number of nitrogens with one attached hydrogen (secondary N) is 1. The third-order valence-electron chi connectivity index (χ3n) is 4.37. The number of hydrogen-bond donors (Lipinski definition) is 1. The molecule has 1 N–H and O–H groups in total. The van der Waals surface area contributed by atoms with Gasteiger partial charge in [-0.2, -0.15) is 4.31 Å². The van der Waals surface area contributed by atoms with Crippen LogP contribution in [0.2, 0.25) is 0 Å². The van der Waals surface area contributed by atoms with Crippen molar-refractivity contribution in [1.82, 2.24) is 9.62 Å². The molecule has 1 amide bonds. The van der Waals surface area contributed by atoms with Gasteiger partial charge >= 0.3 is 0 Å². The molecule has 0 bridgehead atoms. The van der Waals surface area contributed by atoms with Crippen LogP contribution in [0.5, 0.6) is 0 Å². The molecule has 1 unspecified atom stereocenters. The summed E-state index contributed by atoms with van der Waals surface area (Å²) in [5, 5.41) is 4.03. The van der Waals surface area contributed by atoms with E-state index in [-0.39, 0.29) is 5.91 Å². The number of nitrogens with zero attached hydrogens (tertiary/aromatic N) is 1. The monoisotopic (exact) mass is 370 g/mol. The van der Waals surface area contributed by atoms with E-state index in [1.807, 2.05) is 60.7 Å². The van der Waals surface area contributed by atoms with E-state index < -0.39 is 16.1 Å². The molecule has 1 heterocycles. The molecule has 6 heteroatoms. The summed E-state index contributed by atoms with van der Waals surface area (Å²) in [7, 11) is -3.64. The normalized spacial score (nSPS) is 18.2. The molecule has 136 valence electrons. The van der Waals surface area contributed by atoms with E-state index in [4.69, 9.17) is 0 Å². The third-order valence-corrected chi connectivity index (χ3v) is 5.95. The van der Waals surface area contributed by atoms with Crippen molar-refractivity contribution in [3.63, 3.8) is 0 Å². The number of carbonyl (C=O) groups is 1. The summed E-state index contributed by atoms with van der Waals surface area (Å²) in [5.41, 5.74) is 1.79. The minimum atomic E-state index is -3.64. The Balaban J connectivity index is 1.66. The molecule has 1 fully saturated rings. The lowest BCUT2D eigenvalue weighted by Gasteiger charge is -2.21. The van der Waals surface area contributed by atoms with Gasteiger partial charge in [-0.05, 0) is 30.0 Å². The van der Waals surface area contributed by atoms with E-state index in [0.29, 0.717) is 25.9 Å². The predicted octanol–water partition coefficient (Wildman–Crippen LogP) is 2.77. The van der Waals surface area contributed by atoms with Gasteiger partial charge in [0.1, 0.15) is 6.04 Å². The Morgan fingerprint density at radius 2 is 1.73 bits per heavy atom. The maximum absolute atomic E-state index is 12.7. The van der Waals surface area contributed by atoms with Crippen LogP contribution in [0.4, 0.5) is 0 Å². The zero-order valence-electron chi connectivity index (χ0n) is 14.4. The second kappa shape index (κ2) is 8.29. The van der Waals surface area contributed by atoms with Crippen LogP contribution in [0.25, 0.3) is 6.08 Å². The number of carbonyl (C=O) groups excluding carboxylic acids is 1. The molecule has 2 aromatic rings.